The van der Waals surface area contributed by atoms with Crippen molar-refractivity contribution >= 4 is 0 Å². The maximum absolute atomic E-state index is 9.78. The van der Waals surface area contributed by atoms with E-state index >= 15 is 0 Å². The normalized spacial score (nSPS) is 12.9. The minimum Gasteiger partial charge on any atom is -0.494 e. The Bertz CT molecular complexity index is 264. The summed E-state index contributed by atoms with van der Waals surface area (Å²) in [5, 5.41) is 9.78. The second-order valence-corrected chi connectivity index (χ2v) is 3.69. The lowest BCUT2D eigenvalue weighted by Gasteiger charge is -2.15. The molecule has 1 N–H and O–H groups in total. The smallest absolute Gasteiger partial charge is 0.119 e. The van der Waals surface area contributed by atoms with E-state index in [1.165, 1.54) is 0 Å². The molecule has 0 radical (unpaired) electrons. The predicted octanol–water partition coefficient (Wildman–Crippen LogP) is 2.77. The van der Waals surface area contributed by atoms with Gasteiger partial charge in [0.15, 0.2) is 0 Å². The van der Waals surface area contributed by atoms with Crippen molar-refractivity contribution in [2.45, 2.75) is 26.9 Å². The van der Waals surface area contributed by atoms with Crippen molar-refractivity contribution in [1.82, 2.24) is 0 Å². The van der Waals surface area contributed by atoms with Crippen molar-refractivity contribution in [1.29, 1.82) is 0 Å². The molecule has 1 aromatic rings. The first-order valence-corrected chi connectivity index (χ1v) is 5.06. The highest BCUT2D eigenvalue weighted by Crippen LogP contribution is 2.23. The van der Waals surface area contributed by atoms with Gasteiger partial charge in [-0.2, -0.15) is 0 Å². The first-order valence-electron chi connectivity index (χ1n) is 5.06. The Kier molecular flexibility index (Phi) is 3.96. The molecule has 0 heterocycles. The van der Waals surface area contributed by atoms with Crippen LogP contribution in [0, 0.1) is 5.92 Å². The first-order chi connectivity index (χ1) is 6.65. The largest absolute Gasteiger partial charge is 0.494 e. The molecule has 1 rings (SSSR count). The third-order valence-corrected chi connectivity index (χ3v) is 2.16. The third kappa shape index (κ3) is 2.74. The van der Waals surface area contributed by atoms with Crippen LogP contribution in [0.5, 0.6) is 5.75 Å². The van der Waals surface area contributed by atoms with E-state index in [1.807, 2.05) is 45.0 Å². The minimum absolute atomic E-state index is 0.243. The highest BCUT2D eigenvalue weighted by molar-refractivity contribution is 5.28. The van der Waals surface area contributed by atoms with Crippen LogP contribution in [-0.2, 0) is 0 Å². The molecule has 14 heavy (non-hydrogen) atoms. The zero-order chi connectivity index (χ0) is 10.6. The monoisotopic (exact) mass is 194 g/mol. The summed E-state index contributed by atoms with van der Waals surface area (Å²) in [5.74, 6) is 1.10. The Hall–Kier alpha value is -1.02. The van der Waals surface area contributed by atoms with Crippen LogP contribution in [0.2, 0.25) is 0 Å². The van der Waals surface area contributed by atoms with Gasteiger partial charge < -0.3 is 9.84 Å². The van der Waals surface area contributed by atoms with Crippen LogP contribution in [-0.4, -0.2) is 11.7 Å². The topological polar surface area (TPSA) is 29.5 Å². The Balaban J connectivity index is 2.72. The van der Waals surface area contributed by atoms with Gasteiger partial charge in [0.1, 0.15) is 5.75 Å². The van der Waals surface area contributed by atoms with Gasteiger partial charge in [-0.15, -0.1) is 0 Å². The summed E-state index contributed by atoms with van der Waals surface area (Å²) in [7, 11) is 0. The molecular weight excluding hydrogens is 176 g/mol. The second kappa shape index (κ2) is 5.01. The summed E-state index contributed by atoms with van der Waals surface area (Å²) in [5.41, 5.74) is 0.948. The van der Waals surface area contributed by atoms with Crippen molar-refractivity contribution in [3.05, 3.63) is 29.8 Å². The van der Waals surface area contributed by atoms with Gasteiger partial charge in [-0.05, 0) is 30.5 Å². The Morgan fingerprint density at radius 2 is 1.79 bits per heavy atom. The van der Waals surface area contributed by atoms with Gasteiger partial charge in [0.05, 0.1) is 12.7 Å². The van der Waals surface area contributed by atoms with Gasteiger partial charge in [-0.25, -0.2) is 0 Å². The maximum atomic E-state index is 9.78. The van der Waals surface area contributed by atoms with Crippen molar-refractivity contribution in [2.24, 2.45) is 5.92 Å². The molecular formula is C12H18O2. The number of aliphatic hydroxyl groups is 1. The molecule has 0 aromatic heterocycles. The van der Waals surface area contributed by atoms with Crippen molar-refractivity contribution in [3.63, 3.8) is 0 Å². The molecule has 1 aromatic carbocycles. The van der Waals surface area contributed by atoms with E-state index in [-0.39, 0.29) is 12.0 Å². The Morgan fingerprint density at radius 3 is 2.21 bits per heavy atom. The molecule has 0 saturated carbocycles. The number of hydrogen-bond acceptors (Lipinski definition) is 2. The molecule has 0 fully saturated rings. The molecule has 0 amide bonds. The Labute approximate surface area is 85.5 Å². The fourth-order valence-electron chi connectivity index (χ4n) is 1.31. The SMILES string of the molecule is CCOc1ccc(C(O)C(C)C)cc1. The lowest BCUT2D eigenvalue weighted by Crippen LogP contribution is -2.05. The molecule has 0 aliphatic heterocycles. The van der Waals surface area contributed by atoms with Crippen LogP contribution in [0.1, 0.15) is 32.4 Å². The lowest BCUT2D eigenvalue weighted by molar-refractivity contribution is 0.127. The minimum atomic E-state index is -0.384. The summed E-state index contributed by atoms with van der Waals surface area (Å²) >= 11 is 0. The molecule has 0 spiro atoms. The Morgan fingerprint density at radius 1 is 1.21 bits per heavy atom. The summed E-state index contributed by atoms with van der Waals surface area (Å²) in [6, 6.07) is 7.61. The summed E-state index contributed by atoms with van der Waals surface area (Å²) in [6.45, 7) is 6.63. The van der Waals surface area contributed by atoms with E-state index in [4.69, 9.17) is 4.74 Å². The molecule has 2 nitrogen and oxygen atoms in total. The quantitative estimate of drug-likeness (QED) is 0.798. The molecule has 0 aliphatic rings. The summed E-state index contributed by atoms with van der Waals surface area (Å²) < 4.78 is 5.32. The van der Waals surface area contributed by atoms with Crippen LogP contribution in [0.3, 0.4) is 0 Å². The van der Waals surface area contributed by atoms with Crippen molar-refractivity contribution in [3.8, 4) is 5.75 Å². The average Bonchev–Trinajstić information content (AvgIpc) is 2.18. The van der Waals surface area contributed by atoms with Crippen LogP contribution in [0.15, 0.2) is 24.3 Å². The van der Waals surface area contributed by atoms with E-state index in [9.17, 15) is 5.11 Å². The van der Waals surface area contributed by atoms with Crippen LogP contribution >= 0.6 is 0 Å². The molecule has 1 atom stereocenters. The summed E-state index contributed by atoms with van der Waals surface area (Å²) in [6.07, 6.45) is -0.384. The molecule has 0 bridgehead atoms. The van der Waals surface area contributed by atoms with E-state index in [1.54, 1.807) is 0 Å². The van der Waals surface area contributed by atoms with Crippen LogP contribution in [0.4, 0.5) is 0 Å². The average molecular weight is 194 g/mol. The summed E-state index contributed by atoms with van der Waals surface area (Å²) in [4.78, 5) is 0. The predicted molar refractivity (Wildman–Crippen MR) is 57.4 cm³/mol. The van der Waals surface area contributed by atoms with Crippen LogP contribution in [0.25, 0.3) is 0 Å². The van der Waals surface area contributed by atoms with Crippen LogP contribution < -0.4 is 4.74 Å². The number of rotatable bonds is 4. The van der Waals surface area contributed by atoms with E-state index in [0.29, 0.717) is 6.61 Å². The maximum Gasteiger partial charge on any atom is 0.119 e. The number of benzene rings is 1. The zero-order valence-corrected chi connectivity index (χ0v) is 9.03. The fourth-order valence-corrected chi connectivity index (χ4v) is 1.31. The molecule has 0 aliphatic carbocycles. The fraction of sp³-hybridized carbons (Fsp3) is 0.500. The molecule has 2 heteroatoms. The highest BCUT2D eigenvalue weighted by Gasteiger charge is 2.11. The standard InChI is InChI=1S/C12H18O2/c1-4-14-11-7-5-10(6-8-11)12(13)9(2)3/h5-9,12-13H,4H2,1-3H3. The van der Waals surface area contributed by atoms with Crippen molar-refractivity contribution in [2.75, 3.05) is 6.61 Å². The molecule has 1 unspecified atom stereocenters. The van der Waals surface area contributed by atoms with Gasteiger partial charge in [0.25, 0.3) is 0 Å². The third-order valence-electron chi connectivity index (χ3n) is 2.16. The van der Waals surface area contributed by atoms with Gasteiger partial charge in [-0.1, -0.05) is 26.0 Å². The first kappa shape index (κ1) is 11.1. The molecule has 78 valence electrons. The number of ether oxygens (including phenoxy) is 1. The van der Waals surface area contributed by atoms with Gasteiger partial charge in [0, 0.05) is 0 Å². The molecule has 0 saturated heterocycles. The van der Waals surface area contributed by atoms with Crippen molar-refractivity contribution < 1.29 is 9.84 Å². The second-order valence-electron chi connectivity index (χ2n) is 3.69. The van der Waals surface area contributed by atoms with Gasteiger partial charge in [0.2, 0.25) is 0 Å². The van der Waals surface area contributed by atoms with E-state index in [0.717, 1.165) is 11.3 Å². The lowest BCUT2D eigenvalue weighted by atomic mass is 9.99. The number of aliphatic hydroxyl groups excluding tert-OH is 1. The van der Waals surface area contributed by atoms with E-state index in [2.05, 4.69) is 0 Å². The van der Waals surface area contributed by atoms with E-state index < -0.39 is 0 Å². The van der Waals surface area contributed by atoms with Gasteiger partial charge in [-0.3, -0.25) is 0 Å². The van der Waals surface area contributed by atoms with Gasteiger partial charge >= 0.3 is 0 Å². The number of hydrogen-bond donors (Lipinski definition) is 1. The zero-order valence-electron chi connectivity index (χ0n) is 9.03. The highest BCUT2D eigenvalue weighted by atomic mass is 16.5.